The molecule has 0 atom stereocenters. The number of phenols is 1. The average molecular weight is 401 g/mol. The summed E-state index contributed by atoms with van der Waals surface area (Å²) in [5.74, 6) is -1.44. The first-order valence-electron chi connectivity index (χ1n) is 8.42. The van der Waals surface area contributed by atoms with Crippen LogP contribution >= 0.6 is 11.6 Å². The number of benzene rings is 2. The summed E-state index contributed by atoms with van der Waals surface area (Å²) in [6.45, 7) is 3.80. The lowest BCUT2D eigenvalue weighted by molar-refractivity contribution is -0.114. The molecule has 7 nitrogen and oxygen atoms in total. The number of nitrogens with zero attached hydrogens (tertiary/aromatic N) is 2. The van der Waals surface area contributed by atoms with Crippen LogP contribution in [0.3, 0.4) is 0 Å². The van der Waals surface area contributed by atoms with Crippen molar-refractivity contribution in [3.05, 3.63) is 58.1 Å². The summed E-state index contributed by atoms with van der Waals surface area (Å²) in [7, 11) is 0. The average Bonchev–Trinajstić information content (AvgIpc) is 2.94. The van der Waals surface area contributed by atoms with Gasteiger partial charge in [0.15, 0.2) is 11.5 Å². The molecule has 28 heavy (non-hydrogen) atoms. The van der Waals surface area contributed by atoms with E-state index >= 15 is 0 Å². The molecule has 0 radical (unpaired) electrons. The molecule has 0 fully saturated rings. The molecule has 1 aliphatic rings. The predicted octanol–water partition coefficient (Wildman–Crippen LogP) is 3.95. The Morgan fingerprint density at radius 1 is 1.32 bits per heavy atom. The second kappa shape index (κ2) is 7.74. The summed E-state index contributed by atoms with van der Waals surface area (Å²) in [6, 6.07) is 9.06. The molecule has 144 valence electrons. The zero-order valence-corrected chi connectivity index (χ0v) is 15.9. The van der Waals surface area contributed by atoms with Crippen molar-refractivity contribution in [2.24, 2.45) is 5.10 Å². The monoisotopic (exact) mass is 400 g/mol. The Morgan fingerprint density at radius 2 is 2.07 bits per heavy atom. The van der Waals surface area contributed by atoms with Gasteiger partial charge in [-0.05, 0) is 55.8 Å². The third kappa shape index (κ3) is 3.70. The second-order valence-corrected chi connectivity index (χ2v) is 6.41. The number of carboxylic acid groups (broad SMARTS) is 1. The standard InChI is InChI=1S/C20H17ClN2O5/c1-3-28-17-9-12(8-16(21)18(17)24)7-15-11(2)22-23(19(15)25)14-6-4-5-13(10-14)20(26)27/h4-10,24H,3H2,1-2H3,(H,26,27). The van der Waals surface area contributed by atoms with Gasteiger partial charge in [0, 0.05) is 0 Å². The molecule has 2 aromatic carbocycles. The number of hydrogen-bond acceptors (Lipinski definition) is 5. The van der Waals surface area contributed by atoms with Crippen LogP contribution in [0.25, 0.3) is 6.08 Å². The molecule has 8 heteroatoms. The van der Waals surface area contributed by atoms with Gasteiger partial charge in [-0.25, -0.2) is 4.79 Å². The summed E-state index contributed by atoms with van der Waals surface area (Å²) in [6.07, 6.45) is 1.59. The van der Waals surface area contributed by atoms with Crippen LogP contribution in [0, 0.1) is 0 Å². The highest BCUT2D eigenvalue weighted by molar-refractivity contribution is 6.33. The van der Waals surface area contributed by atoms with Crippen LogP contribution in [-0.4, -0.2) is 34.4 Å². The van der Waals surface area contributed by atoms with Gasteiger partial charge < -0.3 is 14.9 Å². The third-order valence-electron chi connectivity index (χ3n) is 4.06. The van der Waals surface area contributed by atoms with Crippen LogP contribution in [-0.2, 0) is 4.79 Å². The lowest BCUT2D eigenvalue weighted by Crippen LogP contribution is -2.21. The van der Waals surface area contributed by atoms with E-state index in [0.29, 0.717) is 29.1 Å². The van der Waals surface area contributed by atoms with E-state index in [9.17, 15) is 14.7 Å². The first kappa shape index (κ1) is 19.4. The molecule has 1 aliphatic heterocycles. The maximum Gasteiger partial charge on any atom is 0.335 e. The van der Waals surface area contributed by atoms with Gasteiger partial charge in [-0.15, -0.1) is 0 Å². The minimum atomic E-state index is -1.09. The number of amides is 1. The van der Waals surface area contributed by atoms with E-state index in [2.05, 4.69) is 5.10 Å². The quantitative estimate of drug-likeness (QED) is 0.740. The molecule has 0 aromatic heterocycles. The van der Waals surface area contributed by atoms with E-state index < -0.39 is 11.9 Å². The number of carbonyl (C=O) groups is 2. The molecular weight excluding hydrogens is 384 g/mol. The van der Waals surface area contributed by atoms with Gasteiger partial charge in [0.25, 0.3) is 5.91 Å². The van der Waals surface area contributed by atoms with Gasteiger partial charge >= 0.3 is 5.97 Å². The third-order valence-corrected chi connectivity index (χ3v) is 4.35. The highest BCUT2D eigenvalue weighted by Gasteiger charge is 2.29. The fourth-order valence-corrected chi connectivity index (χ4v) is 2.96. The van der Waals surface area contributed by atoms with Crippen LogP contribution in [0.2, 0.25) is 5.02 Å². The first-order valence-corrected chi connectivity index (χ1v) is 8.80. The van der Waals surface area contributed by atoms with Crippen LogP contribution in [0.15, 0.2) is 47.1 Å². The molecule has 1 heterocycles. The zero-order valence-electron chi connectivity index (χ0n) is 15.1. The Kier molecular flexibility index (Phi) is 5.37. The fourth-order valence-electron chi connectivity index (χ4n) is 2.74. The molecule has 0 saturated heterocycles. The van der Waals surface area contributed by atoms with Crippen LogP contribution < -0.4 is 9.75 Å². The number of carboxylic acids is 1. The van der Waals surface area contributed by atoms with E-state index in [-0.39, 0.29) is 22.1 Å². The maximum atomic E-state index is 12.8. The van der Waals surface area contributed by atoms with E-state index in [1.807, 2.05) is 0 Å². The SMILES string of the molecule is CCOc1cc(C=C2C(=O)N(c3cccc(C(=O)O)c3)N=C2C)cc(Cl)c1O. The lowest BCUT2D eigenvalue weighted by atomic mass is 10.1. The summed E-state index contributed by atoms with van der Waals surface area (Å²) in [5.41, 5.74) is 1.76. The van der Waals surface area contributed by atoms with E-state index in [0.717, 1.165) is 5.01 Å². The fraction of sp³-hybridized carbons (Fsp3) is 0.150. The summed E-state index contributed by atoms with van der Waals surface area (Å²) in [4.78, 5) is 24.0. The highest BCUT2D eigenvalue weighted by atomic mass is 35.5. The Labute approximate surface area is 166 Å². The van der Waals surface area contributed by atoms with Crippen LogP contribution in [0.5, 0.6) is 11.5 Å². The maximum absolute atomic E-state index is 12.8. The molecule has 2 N–H and O–H groups in total. The van der Waals surface area contributed by atoms with Crippen molar-refractivity contribution >= 4 is 41.0 Å². The zero-order chi connectivity index (χ0) is 20.4. The van der Waals surface area contributed by atoms with Gasteiger partial charge in [0.2, 0.25) is 0 Å². The van der Waals surface area contributed by atoms with Crippen LogP contribution in [0.4, 0.5) is 5.69 Å². The first-order chi connectivity index (χ1) is 13.3. The van der Waals surface area contributed by atoms with Crippen molar-refractivity contribution in [1.82, 2.24) is 0 Å². The Hall–Kier alpha value is -3.32. The van der Waals surface area contributed by atoms with Gasteiger partial charge in [-0.1, -0.05) is 17.7 Å². The van der Waals surface area contributed by atoms with Crippen molar-refractivity contribution in [2.45, 2.75) is 13.8 Å². The molecule has 1 amide bonds. The molecule has 3 rings (SSSR count). The van der Waals surface area contributed by atoms with Crippen molar-refractivity contribution in [1.29, 1.82) is 0 Å². The minimum absolute atomic E-state index is 0.0576. The second-order valence-electron chi connectivity index (χ2n) is 6.00. The lowest BCUT2D eigenvalue weighted by Gasteiger charge is -2.12. The topological polar surface area (TPSA) is 99.4 Å². The Morgan fingerprint density at radius 3 is 2.75 bits per heavy atom. The van der Waals surface area contributed by atoms with Crippen LogP contribution in [0.1, 0.15) is 29.8 Å². The molecule has 0 saturated carbocycles. The number of halogens is 1. The molecule has 0 aliphatic carbocycles. The van der Waals surface area contributed by atoms with E-state index in [1.54, 1.807) is 38.1 Å². The molecule has 0 unspecified atom stereocenters. The van der Waals surface area contributed by atoms with Gasteiger partial charge in [0.05, 0.1) is 34.2 Å². The van der Waals surface area contributed by atoms with Crippen molar-refractivity contribution in [3.8, 4) is 11.5 Å². The summed E-state index contributed by atoms with van der Waals surface area (Å²) < 4.78 is 5.36. The van der Waals surface area contributed by atoms with Crippen molar-refractivity contribution in [3.63, 3.8) is 0 Å². The smallest absolute Gasteiger partial charge is 0.335 e. The van der Waals surface area contributed by atoms with Crippen molar-refractivity contribution in [2.75, 3.05) is 11.6 Å². The van der Waals surface area contributed by atoms with E-state index in [4.69, 9.17) is 21.4 Å². The predicted molar refractivity (Wildman–Crippen MR) is 106 cm³/mol. The number of aromatic carboxylic acids is 1. The number of rotatable bonds is 5. The normalized spacial score (nSPS) is 15.1. The number of aromatic hydroxyl groups is 1. The van der Waals surface area contributed by atoms with Gasteiger partial charge in [-0.2, -0.15) is 10.1 Å². The minimum Gasteiger partial charge on any atom is -0.503 e. The molecular formula is C20H17ClN2O5. The number of anilines is 1. The molecule has 0 bridgehead atoms. The van der Waals surface area contributed by atoms with Gasteiger partial charge in [0.1, 0.15) is 0 Å². The highest BCUT2D eigenvalue weighted by Crippen LogP contribution is 2.36. The molecule has 0 spiro atoms. The number of hydrazone groups is 1. The summed E-state index contributed by atoms with van der Waals surface area (Å²) >= 11 is 6.04. The van der Waals surface area contributed by atoms with E-state index in [1.165, 1.54) is 18.2 Å². The Bertz CT molecular complexity index is 1030. The summed E-state index contributed by atoms with van der Waals surface area (Å²) in [5, 5.41) is 24.6. The molecule has 2 aromatic rings. The Balaban J connectivity index is 1.97. The number of ether oxygens (including phenoxy) is 1. The number of hydrogen-bond donors (Lipinski definition) is 2. The largest absolute Gasteiger partial charge is 0.503 e. The van der Waals surface area contributed by atoms with Crippen molar-refractivity contribution < 1.29 is 24.5 Å². The number of phenolic OH excluding ortho intramolecular Hbond substituents is 1. The number of carbonyl (C=O) groups excluding carboxylic acids is 1. The van der Waals surface area contributed by atoms with Gasteiger partial charge in [-0.3, -0.25) is 4.79 Å².